The quantitative estimate of drug-likeness (QED) is 0.750. The number of nitrogens with one attached hydrogen (secondary N) is 3. The zero-order valence-electron chi connectivity index (χ0n) is 12.3. The van der Waals surface area contributed by atoms with Crippen LogP contribution >= 0.6 is 11.6 Å². The molecule has 0 bridgehead atoms. The maximum absolute atomic E-state index is 13.0. The third-order valence-corrected chi connectivity index (χ3v) is 3.80. The summed E-state index contributed by atoms with van der Waals surface area (Å²) in [6.07, 6.45) is 2.31. The predicted octanol–water partition coefficient (Wildman–Crippen LogP) is 2.37. The molecule has 2 rings (SSSR count). The Hall–Kier alpha value is -1.82. The monoisotopic (exact) mass is 327 g/mol. The fourth-order valence-corrected chi connectivity index (χ4v) is 2.31. The second kappa shape index (κ2) is 7.45. The van der Waals surface area contributed by atoms with Crippen molar-refractivity contribution in [2.24, 2.45) is 5.92 Å². The van der Waals surface area contributed by atoms with Gasteiger partial charge in [-0.05, 0) is 43.4 Å². The Morgan fingerprint density at radius 2 is 2.09 bits per heavy atom. The molecule has 7 heteroatoms. The maximum Gasteiger partial charge on any atom is 0.315 e. The van der Waals surface area contributed by atoms with E-state index >= 15 is 0 Å². The first-order chi connectivity index (χ1) is 10.5. The Kier molecular flexibility index (Phi) is 5.60. The highest BCUT2D eigenvalue weighted by molar-refractivity contribution is 6.31. The lowest BCUT2D eigenvalue weighted by Crippen LogP contribution is -2.43. The van der Waals surface area contributed by atoms with E-state index in [4.69, 9.17) is 11.6 Å². The SMILES string of the molecule is C[C@H](NC(=O)NCC(=O)NCC1CC1)c1ccc(F)cc1Cl. The Bertz CT molecular complexity index is 564. The van der Waals surface area contributed by atoms with E-state index in [-0.39, 0.29) is 17.5 Å². The first-order valence-electron chi connectivity index (χ1n) is 7.21. The van der Waals surface area contributed by atoms with Gasteiger partial charge in [0.15, 0.2) is 0 Å². The smallest absolute Gasteiger partial charge is 0.315 e. The van der Waals surface area contributed by atoms with Crippen LogP contribution in [0.25, 0.3) is 0 Å². The molecule has 0 spiro atoms. The molecule has 1 fully saturated rings. The zero-order valence-corrected chi connectivity index (χ0v) is 13.0. The minimum Gasteiger partial charge on any atom is -0.354 e. The van der Waals surface area contributed by atoms with Gasteiger partial charge in [-0.1, -0.05) is 17.7 Å². The second-order valence-corrected chi connectivity index (χ2v) is 5.87. The first-order valence-corrected chi connectivity index (χ1v) is 7.59. The first kappa shape index (κ1) is 16.5. The van der Waals surface area contributed by atoms with Gasteiger partial charge >= 0.3 is 6.03 Å². The van der Waals surface area contributed by atoms with Gasteiger partial charge in [0.05, 0.1) is 12.6 Å². The molecule has 22 heavy (non-hydrogen) atoms. The van der Waals surface area contributed by atoms with Gasteiger partial charge in [-0.2, -0.15) is 0 Å². The molecule has 0 saturated heterocycles. The van der Waals surface area contributed by atoms with Crippen molar-refractivity contribution < 1.29 is 14.0 Å². The van der Waals surface area contributed by atoms with Crippen LogP contribution < -0.4 is 16.0 Å². The van der Waals surface area contributed by atoms with E-state index in [1.54, 1.807) is 6.92 Å². The van der Waals surface area contributed by atoms with Gasteiger partial charge in [-0.3, -0.25) is 4.79 Å². The van der Waals surface area contributed by atoms with Crippen LogP contribution in [0.2, 0.25) is 5.02 Å². The van der Waals surface area contributed by atoms with Crippen LogP contribution in [0.4, 0.5) is 9.18 Å². The number of carbonyl (C=O) groups is 2. The van der Waals surface area contributed by atoms with Crippen molar-refractivity contribution in [2.45, 2.75) is 25.8 Å². The summed E-state index contributed by atoms with van der Waals surface area (Å²) < 4.78 is 13.0. The van der Waals surface area contributed by atoms with Crippen LogP contribution in [-0.4, -0.2) is 25.0 Å². The van der Waals surface area contributed by atoms with E-state index in [0.29, 0.717) is 18.0 Å². The molecule has 1 saturated carbocycles. The van der Waals surface area contributed by atoms with Crippen molar-refractivity contribution in [3.8, 4) is 0 Å². The summed E-state index contributed by atoms with van der Waals surface area (Å²) in [4.78, 5) is 23.3. The van der Waals surface area contributed by atoms with Gasteiger partial charge in [-0.25, -0.2) is 9.18 Å². The molecule has 5 nitrogen and oxygen atoms in total. The van der Waals surface area contributed by atoms with Gasteiger partial charge in [0.25, 0.3) is 0 Å². The second-order valence-electron chi connectivity index (χ2n) is 5.46. The average molecular weight is 328 g/mol. The van der Waals surface area contributed by atoms with Gasteiger partial charge in [0, 0.05) is 11.6 Å². The molecule has 0 unspecified atom stereocenters. The third-order valence-electron chi connectivity index (χ3n) is 3.47. The lowest BCUT2D eigenvalue weighted by Gasteiger charge is -2.16. The van der Waals surface area contributed by atoms with Crippen LogP contribution in [-0.2, 0) is 4.79 Å². The Labute approximate surface area is 133 Å². The number of amides is 3. The van der Waals surface area contributed by atoms with Gasteiger partial charge in [0.2, 0.25) is 5.91 Å². The van der Waals surface area contributed by atoms with Crippen molar-refractivity contribution >= 4 is 23.5 Å². The summed E-state index contributed by atoms with van der Waals surface area (Å²) in [5.41, 5.74) is 0.608. The molecule has 1 aromatic rings. The maximum atomic E-state index is 13.0. The summed E-state index contributed by atoms with van der Waals surface area (Å²) in [6.45, 7) is 2.32. The Morgan fingerprint density at radius 1 is 1.36 bits per heavy atom. The largest absolute Gasteiger partial charge is 0.354 e. The Balaban J connectivity index is 1.74. The molecular formula is C15H19ClFN3O2. The number of carbonyl (C=O) groups excluding carboxylic acids is 2. The molecule has 0 radical (unpaired) electrons. The van der Waals surface area contributed by atoms with Crippen molar-refractivity contribution in [1.82, 2.24) is 16.0 Å². The number of hydrogen-bond acceptors (Lipinski definition) is 2. The summed E-state index contributed by atoms with van der Waals surface area (Å²) in [6, 6.07) is 3.11. The number of halogens is 2. The fourth-order valence-electron chi connectivity index (χ4n) is 1.98. The van der Waals surface area contributed by atoms with Crippen LogP contribution in [0.1, 0.15) is 31.4 Å². The molecule has 1 aliphatic rings. The normalized spacial score (nSPS) is 15.0. The number of rotatable bonds is 6. The van der Waals surface area contributed by atoms with E-state index in [0.717, 1.165) is 12.8 Å². The third kappa shape index (κ3) is 5.18. The Morgan fingerprint density at radius 3 is 2.73 bits per heavy atom. The topological polar surface area (TPSA) is 70.2 Å². The summed E-state index contributed by atoms with van der Waals surface area (Å²) in [7, 11) is 0. The highest BCUT2D eigenvalue weighted by Gasteiger charge is 2.21. The van der Waals surface area contributed by atoms with Crippen LogP contribution in [0.15, 0.2) is 18.2 Å². The summed E-state index contributed by atoms with van der Waals surface area (Å²) in [5, 5.41) is 8.13. The zero-order chi connectivity index (χ0) is 16.1. The van der Waals surface area contributed by atoms with E-state index in [9.17, 15) is 14.0 Å². The van der Waals surface area contributed by atoms with Crippen LogP contribution in [0, 0.1) is 11.7 Å². The molecule has 3 amide bonds. The van der Waals surface area contributed by atoms with E-state index < -0.39 is 17.9 Å². The number of benzene rings is 1. The van der Waals surface area contributed by atoms with Gasteiger partial charge in [-0.15, -0.1) is 0 Å². The molecule has 3 N–H and O–H groups in total. The molecule has 120 valence electrons. The van der Waals surface area contributed by atoms with Crippen molar-refractivity contribution in [2.75, 3.05) is 13.1 Å². The van der Waals surface area contributed by atoms with Gasteiger partial charge in [0.1, 0.15) is 5.82 Å². The number of urea groups is 1. The number of hydrogen-bond donors (Lipinski definition) is 3. The fraction of sp³-hybridized carbons (Fsp3) is 0.467. The van der Waals surface area contributed by atoms with E-state index in [1.165, 1.54) is 18.2 Å². The average Bonchev–Trinajstić information content (AvgIpc) is 3.26. The molecule has 0 heterocycles. The minimum atomic E-state index is -0.477. The summed E-state index contributed by atoms with van der Waals surface area (Å²) >= 11 is 5.94. The van der Waals surface area contributed by atoms with Crippen molar-refractivity contribution in [1.29, 1.82) is 0 Å². The van der Waals surface area contributed by atoms with E-state index in [2.05, 4.69) is 16.0 Å². The standard InChI is InChI=1S/C15H19ClFN3O2/c1-9(12-5-4-11(17)6-13(12)16)20-15(22)19-8-14(21)18-7-10-2-3-10/h4-6,9-10H,2-3,7-8H2,1H3,(H,18,21)(H2,19,20,22)/t9-/m0/s1. The summed E-state index contributed by atoms with van der Waals surface area (Å²) in [5.74, 6) is -0.0503. The van der Waals surface area contributed by atoms with Crippen molar-refractivity contribution in [3.63, 3.8) is 0 Å². The lowest BCUT2D eigenvalue weighted by molar-refractivity contribution is -0.120. The van der Waals surface area contributed by atoms with Crippen molar-refractivity contribution in [3.05, 3.63) is 34.6 Å². The lowest BCUT2D eigenvalue weighted by atomic mass is 10.1. The predicted molar refractivity (Wildman–Crippen MR) is 82.1 cm³/mol. The molecule has 0 aromatic heterocycles. The highest BCUT2D eigenvalue weighted by Crippen LogP contribution is 2.27. The van der Waals surface area contributed by atoms with Gasteiger partial charge < -0.3 is 16.0 Å². The molecule has 1 atom stereocenters. The van der Waals surface area contributed by atoms with Crippen LogP contribution in [0.5, 0.6) is 0 Å². The van der Waals surface area contributed by atoms with Crippen LogP contribution in [0.3, 0.4) is 0 Å². The molecule has 1 aliphatic carbocycles. The molecule has 0 aliphatic heterocycles. The molecular weight excluding hydrogens is 309 g/mol. The van der Waals surface area contributed by atoms with E-state index in [1.807, 2.05) is 0 Å². The highest BCUT2D eigenvalue weighted by atomic mass is 35.5. The minimum absolute atomic E-state index is 0.0809. The molecule has 1 aromatic carbocycles.